The molecule has 0 spiro atoms. The lowest BCUT2D eigenvalue weighted by molar-refractivity contribution is -0.125. The molecule has 0 aromatic heterocycles. The number of hydrogen-bond donors (Lipinski definition) is 2. The second kappa shape index (κ2) is 7.46. The lowest BCUT2D eigenvalue weighted by atomic mass is 10.2. The van der Waals surface area contributed by atoms with Crippen molar-refractivity contribution in [2.24, 2.45) is 11.8 Å². The molecule has 23 heavy (non-hydrogen) atoms. The average Bonchev–Trinajstić information content (AvgIpc) is 3.34. The quantitative estimate of drug-likeness (QED) is 0.779. The van der Waals surface area contributed by atoms with Gasteiger partial charge in [0.15, 0.2) is 0 Å². The van der Waals surface area contributed by atoms with Crippen LogP contribution in [-0.4, -0.2) is 31.4 Å². The molecule has 2 unspecified atom stereocenters. The first-order valence-corrected chi connectivity index (χ1v) is 7.82. The lowest BCUT2D eigenvalue weighted by Crippen LogP contribution is -2.28. The minimum atomic E-state index is -0.514. The van der Waals surface area contributed by atoms with Crippen LogP contribution < -0.4 is 10.6 Å². The molecular weight excluding hydrogens is 320 g/mol. The number of anilines is 1. The molecule has 1 aromatic carbocycles. The zero-order valence-corrected chi connectivity index (χ0v) is 13.8. The second-order valence-electron chi connectivity index (χ2n) is 5.42. The van der Waals surface area contributed by atoms with E-state index < -0.39 is 5.97 Å². The third-order valence-electron chi connectivity index (χ3n) is 3.66. The summed E-state index contributed by atoms with van der Waals surface area (Å²) in [6, 6.07) is 4.49. The predicted octanol–water partition coefficient (Wildman–Crippen LogP) is 2.23. The van der Waals surface area contributed by atoms with Gasteiger partial charge in [-0.15, -0.1) is 0 Å². The number of hydrogen-bond acceptors (Lipinski definition) is 4. The molecule has 2 N–H and O–H groups in total. The van der Waals surface area contributed by atoms with Gasteiger partial charge in [0.25, 0.3) is 0 Å². The van der Waals surface area contributed by atoms with Gasteiger partial charge < -0.3 is 15.4 Å². The molecule has 0 saturated heterocycles. The molecule has 2 atom stereocenters. The van der Waals surface area contributed by atoms with Gasteiger partial charge in [-0.1, -0.05) is 18.5 Å². The summed E-state index contributed by atoms with van der Waals surface area (Å²) in [7, 11) is 1.28. The number of ether oxygens (including phenoxy) is 1. The van der Waals surface area contributed by atoms with E-state index in [4.69, 9.17) is 11.6 Å². The molecule has 0 radical (unpaired) electrons. The van der Waals surface area contributed by atoms with E-state index in [9.17, 15) is 14.4 Å². The fraction of sp³-hybridized carbons (Fsp3) is 0.438. The summed E-state index contributed by atoms with van der Waals surface area (Å²) < 4.78 is 4.63. The molecule has 0 aliphatic heterocycles. The number of carbonyl (C=O) groups is 3. The van der Waals surface area contributed by atoms with E-state index in [0.29, 0.717) is 29.2 Å². The molecule has 2 rings (SSSR count). The molecule has 1 aromatic rings. The van der Waals surface area contributed by atoms with Crippen molar-refractivity contribution in [3.05, 3.63) is 28.8 Å². The molecular formula is C16H19ClN2O4. The number of amides is 2. The second-order valence-corrected chi connectivity index (χ2v) is 5.82. The van der Waals surface area contributed by atoms with Crippen molar-refractivity contribution in [2.45, 2.75) is 19.8 Å². The van der Waals surface area contributed by atoms with Crippen molar-refractivity contribution in [3.63, 3.8) is 0 Å². The van der Waals surface area contributed by atoms with Crippen molar-refractivity contribution in [2.75, 3.05) is 19.0 Å². The van der Waals surface area contributed by atoms with E-state index >= 15 is 0 Å². The van der Waals surface area contributed by atoms with Crippen LogP contribution in [0.3, 0.4) is 0 Å². The lowest BCUT2D eigenvalue weighted by Gasteiger charge is -2.09. The molecule has 2 amide bonds. The molecule has 1 aliphatic rings. The minimum absolute atomic E-state index is 0.0959. The van der Waals surface area contributed by atoms with Gasteiger partial charge in [0.2, 0.25) is 11.8 Å². The molecule has 0 heterocycles. The summed E-state index contributed by atoms with van der Waals surface area (Å²) >= 11 is 6.03. The van der Waals surface area contributed by atoms with Crippen LogP contribution >= 0.6 is 11.6 Å². The van der Waals surface area contributed by atoms with Gasteiger partial charge in [-0.25, -0.2) is 4.79 Å². The van der Waals surface area contributed by atoms with Gasteiger partial charge in [0.1, 0.15) is 0 Å². The Morgan fingerprint density at radius 3 is 2.61 bits per heavy atom. The highest BCUT2D eigenvalue weighted by molar-refractivity contribution is 6.34. The Morgan fingerprint density at radius 2 is 1.96 bits per heavy atom. The third-order valence-corrected chi connectivity index (χ3v) is 3.99. The summed E-state index contributed by atoms with van der Waals surface area (Å²) in [5.41, 5.74) is 0.624. The zero-order chi connectivity index (χ0) is 17.0. The highest BCUT2D eigenvalue weighted by Gasteiger charge is 2.47. The van der Waals surface area contributed by atoms with Crippen LogP contribution in [0, 0.1) is 11.8 Å². The number of methoxy groups -OCH3 is 1. The van der Waals surface area contributed by atoms with Crippen LogP contribution in [0.25, 0.3) is 0 Å². The van der Waals surface area contributed by atoms with Crippen LogP contribution in [0.5, 0.6) is 0 Å². The summed E-state index contributed by atoms with van der Waals surface area (Å²) in [6.07, 6.45) is 1.38. The van der Waals surface area contributed by atoms with Crippen molar-refractivity contribution >= 4 is 35.1 Å². The van der Waals surface area contributed by atoms with E-state index in [0.717, 1.165) is 6.42 Å². The van der Waals surface area contributed by atoms with Crippen LogP contribution in [0.1, 0.15) is 30.1 Å². The van der Waals surface area contributed by atoms with E-state index in [1.165, 1.54) is 25.3 Å². The van der Waals surface area contributed by atoms with Crippen molar-refractivity contribution in [1.29, 1.82) is 0 Å². The van der Waals surface area contributed by atoms with Crippen molar-refractivity contribution in [1.82, 2.24) is 5.32 Å². The Labute approximate surface area is 139 Å². The first-order valence-electron chi connectivity index (χ1n) is 7.44. The van der Waals surface area contributed by atoms with E-state index in [1.54, 1.807) is 0 Å². The smallest absolute Gasteiger partial charge is 0.337 e. The largest absolute Gasteiger partial charge is 0.465 e. The predicted molar refractivity (Wildman–Crippen MR) is 86.3 cm³/mol. The van der Waals surface area contributed by atoms with Crippen molar-refractivity contribution in [3.8, 4) is 0 Å². The third kappa shape index (κ3) is 4.22. The maximum Gasteiger partial charge on any atom is 0.337 e. The maximum absolute atomic E-state index is 12.2. The van der Waals surface area contributed by atoms with E-state index in [1.807, 2.05) is 6.92 Å². The maximum atomic E-state index is 12.2. The highest BCUT2D eigenvalue weighted by atomic mass is 35.5. The molecule has 0 bridgehead atoms. The van der Waals surface area contributed by atoms with Crippen LogP contribution in [0.4, 0.5) is 5.69 Å². The summed E-state index contributed by atoms with van der Waals surface area (Å²) in [4.78, 5) is 35.5. The Hall–Kier alpha value is -2.08. The SMILES string of the molecule is CCCNC(=O)C1CC1C(=O)Nc1cc(C(=O)OC)ccc1Cl. The Morgan fingerprint density at radius 1 is 1.26 bits per heavy atom. The van der Waals surface area contributed by atoms with E-state index in [-0.39, 0.29) is 23.7 Å². The minimum Gasteiger partial charge on any atom is -0.465 e. The summed E-state index contributed by atoms with van der Waals surface area (Å²) in [5, 5.41) is 5.77. The van der Waals surface area contributed by atoms with Crippen LogP contribution in [-0.2, 0) is 14.3 Å². The monoisotopic (exact) mass is 338 g/mol. The first-order chi connectivity index (χ1) is 11.0. The van der Waals surface area contributed by atoms with Gasteiger partial charge in [-0.2, -0.15) is 0 Å². The van der Waals surface area contributed by atoms with Crippen LogP contribution in [0.2, 0.25) is 5.02 Å². The van der Waals surface area contributed by atoms with Crippen molar-refractivity contribution < 1.29 is 19.1 Å². The highest BCUT2D eigenvalue weighted by Crippen LogP contribution is 2.40. The Bertz CT molecular complexity index is 633. The molecule has 1 saturated carbocycles. The van der Waals surface area contributed by atoms with Gasteiger partial charge >= 0.3 is 5.97 Å². The standard InChI is InChI=1S/C16H19ClN2O4/c1-3-6-18-14(20)10-8-11(10)15(21)19-13-7-9(16(22)23-2)4-5-12(13)17/h4-5,7,10-11H,3,6,8H2,1-2H3,(H,18,20)(H,19,21). The number of rotatable bonds is 6. The van der Waals surface area contributed by atoms with E-state index in [2.05, 4.69) is 15.4 Å². The summed E-state index contributed by atoms with van der Waals surface area (Å²) in [6.45, 7) is 2.57. The van der Waals surface area contributed by atoms with Gasteiger partial charge in [0, 0.05) is 6.54 Å². The molecule has 7 heteroatoms. The first kappa shape index (κ1) is 17.3. The van der Waals surface area contributed by atoms with Gasteiger partial charge in [-0.05, 0) is 31.0 Å². The topological polar surface area (TPSA) is 84.5 Å². The average molecular weight is 339 g/mol. The fourth-order valence-corrected chi connectivity index (χ4v) is 2.41. The number of carbonyl (C=O) groups excluding carboxylic acids is 3. The number of nitrogens with one attached hydrogen (secondary N) is 2. The number of halogens is 1. The Balaban J connectivity index is 1.99. The molecule has 1 fully saturated rings. The molecule has 1 aliphatic carbocycles. The molecule has 6 nitrogen and oxygen atoms in total. The van der Waals surface area contributed by atoms with Gasteiger partial charge in [0.05, 0.1) is 35.2 Å². The fourth-order valence-electron chi connectivity index (χ4n) is 2.25. The zero-order valence-electron chi connectivity index (χ0n) is 13.0. The normalized spacial score (nSPS) is 18.9. The van der Waals surface area contributed by atoms with Crippen LogP contribution in [0.15, 0.2) is 18.2 Å². The Kier molecular flexibility index (Phi) is 5.60. The number of benzene rings is 1. The number of esters is 1. The molecule has 124 valence electrons. The summed E-state index contributed by atoms with van der Waals surface area (Å²) in [5.74, 6) is -1.53. The van der Waals surface area contributed by atoms with Gasteiger partial charge in [-0.3, -0.25) is 9.59 Å².